The molecule has 0 aliphatic carbocycles. The minimum atomic E-state index is -0.534. The molecule has 2 N–H and O–H groups in total. The Morgan fingerprint density at radius 2 is 1.67 bits per heavy atom. The number of para-hydroxylation sites is 2. The van der Waals surface area contributed by atoms with Crippen molar-refractivity contribution in [1.82, 2.24) is 5.32 Å². The second-order valence-corrected chi connectivity index (χ2v) is 5.81. The molecule has 126 valence electrons. The number of hydrogen-bond donors (Lipinski definition) is 2. The van der Waals surface area contributed by atoms with Gasteiger partial charge in [0.25, 0.3) is 5.91 Å². The van der Waals surface area contributed by atoms with E-state index in [9.17, 15) is 9.59 Å². The molecule has 0 fully saturated rings. The number of nitrogens with one attached hydrogen (secondary N) is 2. The summed E-state index contributed by atoms with van der Waals surface area (Å²) in [6, 6.07) is 16.6. The summed E-state index contributed by atoms with van der Waals surface area (Å²) < 4.78 is 5.11. The van der Waals surface area contributed by atoms with Crippen LogP contribution >= 0.6 is 0 Å². The maximum Gasteiger partial charge on any atom is 0.340 e. The molecule has 0 saturated carbocycles. The number of anilines is 2. The van der Waals surface area contributed by atoms with Crippen LogP contribution in [0.2, 0.25) is 0 Å². The van der Waals surface area contributed by atoms with Crippen molar-refractivity contribution in [3.05, 3.63) is 60.2 Å². The van der Waals surface area contributed by atoms with Crippen LogP contribution in [0, 0.1) is 5.92 Å². The molecule has 2 rings (SSSR count). The Balaban J connectivity index is 1.98. The van der Waals surface area contributed by atoms with E-state index in [0.29, 0.717) is 23.7 Å². The van der Waals surface area contributed by atoms with Gasteiger partial charge in [-0.2, -0.15) is 0 Å². The number of benzene rings is 2. The van der Waals surface area contributed by atoms with Crippen molar-refractivity contribution in [3.8, 4) is 0 Å². The molecule has 5 nitrogen and oxygen atoms in total. The fourth-order valence-corrected chi connectivity index (χ4v) is 2.02. The Kier molecular flexibility index (Phi) is 6.37. The Bertz CT molecular complexity index is 684. The van der Waals surface area contributed by atoms with Crippen molar-refractivity contribution >= 4 is 23.3 Å². The predicted molar refractivity (Wildman–Crippen MR) is 94.3 cm³/mol. The Morgan fingerprint density at radius 1 is 1.00 bits per heavy atom. The van der Waals surface area contributed by atoms with Gasteiger partial charge in [-0.3, -0.25) is 4.79 Å². The summed E-state index contributed by atoms with van der Waals surface area (Å²) in [4.78, 5) is 23.9. The van der Waals surface area contributed by atoms with Crippen molar-refractivity contribution in [2.45, 2.75) is 13.8 Å². The van der Waals surface area contributed by atoms with Crippen molar-refractivity contribution in [2.75, 3.05) is 18.5 Å². The first-order chi connectivity index (χ1) is 11.6. The summed E-state index contributed by atoms with van der Waals surface area (Å²) >= 11 is 0. The highest BCUT2D eigenvalue weighted by atomic mass is 16.5. The predicted octanol–water partition coefficient (Wildman–Crippen LogP) is 3.36. The van der Waals surface area contributed by atoms with Gasteiger partial charge in [-0.25, -0.2) is 4.79 Å². The van der Waals surface area contributed by atoms with Crippen molar-refractivity contribution in [2.24, 2.45) is 5.92 Å². The van der Waals surface area contributed by atoms with E-state index in [-0.39, 0.29) is 12.5 Å². The molecule has 5 heteroatoms. The lowest BCUT2D eigenvalue weighted by Gasteiger charge is -2.12. The first-order valence-electron chi connectivity index (χ1n) is 7.91. The number of amides is 1. The quantitative estimate of drug-likeness (QED) is 0.766. The number of carbonyl (C=O) groups excluding carboxylic acids is 2. The number of carbonyl (C=O) groups is 2. The lowest BCUT2D eigenvalue weighted by molar-refractivity contribution is -0.124. The molecule has 0 saturated heterocycles. The molecule has 0 spiro atoms. The van der Waals surface area contributed by atoms with Gasteiger partial charge in [-0.1, -0.05) is 44.2 Å². The van der Waals surface area contributed by atoms with Gasteiger partial charge in [-0.05, 0) is 30.2 Å². The van der Waals surface area contributed by atoms with Crippen LogP contribution in [0.4, 0.5) is 11.4 Å². The average molecular weight is 326 g/mol. The molecule has 0 radical (unpaired) electrons. The first-order valence-corrected chi connectivity index (χ1v) is 7.91. The van der Waals surface area contributed by atoms with Crippen LogP contribution in [-0.2, 0) is 9.53 Å². The fraction of sp³-hybridized carbons (Fsp3) is 0.263. The van der Waals surface area contributed by atoms with E-state index in [0.717, 1.165) is 5.69 Å². The lowest BCUT2D eigenvalue weighted by atomic mass is 10.1. The molecule has 0 unspecified atom stereocenters. The van der Waals surface area contributed by atoms with Gasteiger partial charge in [0.05, 0.1) is 11.3 Å². The van der Waals surface area contributed by atoms with Crippen molar-refractivity contribution in [3.63, 3.8) is 0 Å². The molecule has 2 aromatic rings. The average Bonchev–Trinajstić information content (AvgIpc) is 2.59. The maximum absolute atomic E-state index is 12.3. The van der Waals surface area contributed by atoms with Crippen LogP contribution in [0.25, 0.3) is 0 Å². The van der Waals surface area contributed by atoms with Crippen LogP contribution in [0.5, 0.6) is 0 Å². The first kappa shape index (κ1) is 17.5. The fourth-order valence-electron chi connectivity index (χ4n) is 2.02. The molecule has 2 aromatic carbocycles. The second-order valence-electron chi connectivity index (χ2n) is 5.81. The van der Waals surface area contributed by atoms with Gasteiger partial charge in [0.1, 0.15) is 0 Å². The minimum Gasteiger partial charge on any atom is -0.452 e. The van der Waals surface area contributed by atoms with Crippen LogP contribution < -0.4 is 10.6 Å². The molecule has 0 aromatic heterocycles. The summed E-state index contributed by atoms with van der Waals surface area (Å²) in [7, 11) is 0. The number of esters is 1. The Labute approximate surface area is 142 Å². The van der Waals surface area contributed by atoms with Gasteiger partial charge < -0.3 is 15.4 Å². The lowest BCUT2D eigenvalue weighted by Crippen LogP contribution is -2.31. The Morgan fingerprint density at radius 3 is 2.38 bits per heavy atom. The molecular weight excluding hydrogens is 304 g/mol. The monoisotopic (exact) mass is 326 g/mol. The summed E-state index contributed by atoms with van der Waals surface area (Å²) in [6.07, 6.45) is 0. The third kappa shape index (κ3) is 5.43. The summed E-state index contributed by atoms with van der Waals surface area (Å²) in [5, 5.41) is 5.89. The van der Waals surface area contributed by atoms with Crippen LogP contribution in [0.3, 0.4) is 0 Å². The van der Waals surface area contributed by atoms with Crippen LogP contribution in [0.15, 0.2) is 54.6 Å². The summed E-state index contributed by atoms with van der Waals surface area (Å²) in [6.45, 7) is 4.27. The van der Waals surface area contributed by atoms with E-state index < -0.39 is 5.97 Å². The molecular formula is C19H22N2O3. The molecule has 0 aliphatic rings. The van der Waals surface area contributed by atoms with E-state index in [1.54, 1.807) is 18.2 Å². The summed E-state index contributed by atoms with van der Waals surface area (Å²) in [5.41, 5.74) is 1.89. The van der Waals surface area contributed by atoms with Gasteiger partial charge >= 0.3 is 5.97 Å². The normalized spacial score (nSPS) is 10.3. The van der Waals surface area contributed by atoms with Gasteiger partial charge in [0.2, 0.25) is 0 Å². The number of rotatable bonds is 7. The molecule has 1 amide bonds. The van der Waals surface area contributed by atoms with E-state index in [1.807, 2.05) is 50.2 Å². The molecule has 0 atom stereocenters. The molecule has 0 aliphatic heterocycles. The smallest absolute Gasteiger partial charge is 0.340 e. The second kappa shape index (κ2) is 8.72. The third-order valence-electron chi connectivity index (χ3n) is 3.24. The number of hydrogen-bond acceptors (Lipinski definition) is 4. The van der Waals surface area contributed by atoms with Gasteiger partial charge in [-0.15, -0.1) is 0 Å². The van der Waals surface area contributed by atoms with Crippen LogP contribution in [0.1, 0.15) is 24.2 Å². The maximum atomic E-state index is 12.3. The molecule has 0 bridgehead atoms. The van der Waals surface area contributed by atoms with E-state index in [4.69, 9.17) is 4.74 Å². The Hall–Kier alpha value is -2.82. The van der Waals surface area contributed by atoms with Gasteiger partial charge in [0, 0.05) is 12.2 Å². The molecule has 24 heavy (non-hydrogen) atoms. The topological polar surface area (TPSA) is 67.4 Å². The highest BCUT2D eigenvalue weighted by molar-refractivity contribution is 5.97. The zero-order valence-corrected chi connectivity index (χ0v) is 13.9. The zero-order valence-electron chi connectivity index (χ0n) is 13.9. The van der Waals surface area contributed by atoms with Crippen molar-refractivity contribution < 1.29 is 14.3 Å². The standard InChI is InChI=1S/C19H22N2O3/c1-14(2)12-20-18(22)13-24-19(23)16-10-6-7-11-17(16)21-15-8-4-3-5-9-15/h3-11,14,21H,12-13H2,1-2H3,(H,20,22). The molecule has 0 heterocycles. The van der Waals surface area contributed by atoms with Crippen molar-refractivity contribution in [1.29, 1.82) is 0 Å². The van der Waals surface area contributed by atoms with Crippen LogP contribution in [-0.4, -0.2) is 25.0 Å². The largest absolute Gasteiger partial charge is 0.452 e. The highest BCUT2D eigenvalue weighted by Crippen LogP contribution is 2.21. The van der Waals surface area contributed by atoms with E-state index in [1.165, 1.54) is 0 Å². The third-order valence-corrected chi connectivity index (χ3v) is 3.24. The van der Waals surface area contributed by atoms with E-state index in [2.05, 4.69) is 10.6 Å². The van der Waals surface area contributed by atoms with Gasteiger partial charge in [0.15, 0.2) is 6.61 Å². The SMILES string of the molecule is CC(C)CNC(=O)COC(=O)c1ccccc1Nc1ccccc1. The zero-order chi connectivity index (χ0) is 17.4. The summed E-state index contributed by atoms with van der Waals surface area (Å²) in [5.74, 6) is -0.486. The minimum absolute atomic E-state index is 0.286. The van der Waals surface area contributed by atoms with E-state index >= 15 is 0 Å². The highest BCUT2D eigenvalue weighted by Gasteiger charge is 2.14. The number of ether oxygens (including phenoxy) is 1.